The Kier molecular flexibility index (Phi) is 6.03. The van der Waals surface area contributed by atoms with E-state index in [-0.39, 0.29) is 17.0 Å². The summed E-state index contributed by atoms with van der Waals surface area (Å²) in [6.45, 7) is 5.75. The van der Waals surface area contributed by atoms with Crippen molar-refractivity contribution in [2.75, 3.05) is 25.3 Å². The van der Waals surface area contributed by atoms with Crippen molar-refractivity contribution in [3.63, 3.8) is 0 Å². The fourth-order valence-corrected chi connectivity index (χ4v) is 4.11. The van der Waals surface area contributed by atoms with Crippen LogP contribution < -0.4 is 0 Å². The zero-order valence-electron chi connectivity index (χ0n) is 13.4. The molecular formula is C15H31NO2S. The van der Waals surface area contributed by atoms with Gasteiger partial charge < -0.3 is 9.64 Å². The molecule has 0 unspecified atom stereocenters. The standard InChI is InChI=1S/C15H31NO2S/c1-15(2,3)18-14(17)16(4)13-9-7-12(8-10-13)11-19(5)6/h12-13,19H,7-11H2,1-6H3/t12-,13+. The number of hydrogen-bond donors (Lipinski definition) is 1. The fourth-order valence-electron chi connectivity index (χ4n) is 2.71. The van der Waals surface area contributed by atoms with Crippen molar-refractivity contribution >= 4 is 17.0 Å². The van der Waals surface area contributed by atoms with Gasteiger partial charge in [-0.3, -0.25) is 10.9 Å². The summed E-state index contributed by atoms with van der Waals surface area (Å²) in [6.07, 6.45) is 9.32. The highest BCUT2D eigenvalue weighted by Crippen LogP contribution is 2.32. The molecule has 0 atom stereocenters. The molecule has 1 aliphatic rings. The summed E-state index contributed by atoms with van der Waals surface area (Å²) < 4.78 is 5.43. The van der Waals surface area contributed by atoms with Gasteiger partial charge in [0.15, 0.2) is 0 Å². The summed E-state index contributed by atoms with van der Waals surface area (Å²) in [6, 6.07) is 0.367. The largest absolute Gasteiger partial charge is 0.444 e. The number of carbonyl (C=O) groups is 1. The lowest BCUT2D eigenvalue weighted by atomic mass is 9.87. The van der Waals surface area contributed by atoms with Crippen LogP contribution in [0.5, 0.6) is 0 Å². The molecule has 0 aromatic rings. The number of amides is 1. The average Bonchev–Trinajstić information content (AvgIpc) is 2.26. The maximum Gasteiger partial charge on any atom is 0.410 e. The van der Waals surface area contributed by atoms with E-state index in [1.165, 1.54) is 18.6 Å². The van der Waals surface area contributed by atoms with Gasteiger partial charge in [-0.25, -0.2) is 4.79 Å². The predicted octanol–water partition coefficient (Wildman–Crippen LogP) is 3.67. The van der Waals surface area contributed by atoms with Gasteiger partial charge in [-0.2, -0.15) is 0 Å². The Morgan fingerprint density at radius 1 is 1.21 bits per heavy atom. The Labute approximate surface area is 121 Å². The number of carbonyl (C=O) groups excluding carboxylic acids is 1. The van der Waals surface area contributed by atoms with Crippen molar-refractivity contribution in [3.05, 3.63) is 0 Å². The van der Waals surface area contributed by atoms with Gasteiger partial charge in [-0.05, 0) is 70.6 Å². The highest BCUT2D eigenvalue weighted by molar-refractivity contribution is 8.15. The third-order valence-corrected chi connectivity index (χ3v) is 4.92. The molecule has 1 aliphatic carbocycles. The summed E-state index contributed by atoms with van der Waals surface area (Å²) in [4.78, 5) is 13.8. The SMILES string of the molecule is CN(C(=O)OC(C)(C)C)[C@H]1CC[C@@H](C[SH](C)C)CC1. The molecule has 0 aromatic carbocycles. The molecule has 4 heteroatoms. The molecule has 0 aromatic heterocycles. The van der Waals surface area contributed by atoms with Crippen LogP contribution in [0.3, 0.4) is 0 Å². The summed E-state index contributed by atoms with van der Waals surface area (Å²) in [7, 11) is 2.09. The molecular weight excluding hydrogens is 258 g/mol. The van der Waals surface area contributed by atoms with Crippen molar-refractivity contribution in [3.8, 4) is 0 Å². The van der Waals surface area contributed by atoms with Crippen LogP contribution in [-0.2, 0) is 4.74 Å². The monoisotopic (exact) mass is 289 g/mol. The minimum atomic E-state index is -0.400. The quantitative estimate of drug-likeness (QED) is 0.803. The second-order valence-corrected chi connectivity index (χ2v) is 9.55. The summed E-state index contributed by atoms with van der Waals surface area (Å²) in [5.41, 5.74) is -0.400. The summed E-state index contributed by atoms with van der Waals surface area (Å²) >= 11 is 0. The van der Waals surface area contributed by atoms with E-state index in [4.69, 9.17) is 4.74 Å². The number of thiol groups is 1. The topological polar surface area (TPSA) is 29.5 Å². The van der Waals surface area contributed by atoms with Gasteiger partial charge in [0, 0.05) is 13.1 Å². The van der Waals surface area contributed by atoms with Crippen molar-refractivity contribution in [2.45, 2.75) is 58.1 Å². The maximum atomic E-state index is 12.0. The average molecular weight is 289 g/mol. The molecule has 1 fully saturated rings. The lowest BCUT2D eigenvalue weighted by Crippen LogP contribution is -2.42. The molecule has 1 amide bonds. The molecule has 0 saturated heterocycles. The molecule has 1 rings (SSSR count). The zero-order valence-corrected chi connectivity index (χ0v) is 14.3. The van der Waals surface area contributed by atoms with Crippen molar-refractivity contribution in [2.24, 2.45) is 5.92 Å². The smallest absolute Gasteiger partial charge is 0.410 e. The van der Waals surface area contributed by atoms with E-state index in [0.717, 1.165) is 18.8 Å². The van der Waals surface area contributed by atoms with E-state index in [1.54, 1.807) is 0 Å². The minimum absolute atomic E-state index is 0.177. The van der Waals surface area contributed by atoms with Crippen LogP contribution in [0.4, 0.5) is 4.79 Å². The zero-order chi connectivity index (χ0) is 14.6. The van der Waals surface area contributed by atoms with Crippen LogP contribution in [0, 0.1) is 5.92 Å². The normalized spacial score (nSPS) is 24.8. The van der Waals surface area contributed by atoms with Crippen LogP contribution in [0.2, 0.25) is 0 Å². The van der Waals surface area contributed by atoms with Gasteiger partial charge in [0.2, 0.25) is 0 Å². The molecule has 1 saturated carbocycles. The van der Waals surface area contributed by atoms with Crippen LogP contribution in [0.1, 0.15) is 46.5 Å². The molecule has 0 radical (unpaired) electrons. The highest BCUT2D eigenvalue weighted by atomic mass is 32.2. The van der Waals surface area contributed by atoms with Crippen LogP contribution in [0.25, 0.3) is 0 Å². The van der Waals surface area contributed by atoms with Gasteiger partial charge in [-0.15, -0.1) is 0 Å². The first-order valence-electron chi connectivity index (χ1n) is 7.29. The van der Waals surface area contributed by atoms with Gasteiger partial charge in [0.05, 0.1) is 0 Å². The Morgan fingerprint density at radius 3 is 2.16 bits per heavy atom. The van der Waals surface area contributed by atoms with Gasteiger partial charge in [0.25, 0.3) is 0 Å². The van der Waals surface area contributed by atoms with E-state index < -0.39 is 5.60 Å². The highest BCUT2D eigenvalue weighted by Gasteiger charge is 2.29. The van der Waals surface area contributed by atoms with Crippen LogP contribution in [0.15, 0.2) is 0 Å². The van der Waals surface area contributed by atoms with E-state index in [2.05, 4.69) is 12.5 Å². The first-order valence-corrected chi connectivity index (χ1v) is 9.71. The molecule has 114 valence electrons. The van der Waals surface area contributed by atoms with E-state index in [1.807, 2.05) is 32.7 Å². The Hall–Kier alpha value is -0.380. The molecule has 0 spiro atoms. The number of ether oxygens (including phenoxy) is 1. The molecule has 0 bridgehead atoms. The number of nitrogens with zero attached hydrogens (tertiary/aromatic N) is 1. The van der Waals surface area contributed by atoms with Gasteiger partial charge in [-0.1, -0.05) is 0 Å². The first-order chi connectivity index (χ1) is 8.69. The Balaban J connectivity index is 2.40. The van der Waals surface area contributed by atoms with E-state index in [0.29, 0.717) is 6.04 Å². The van der Waals surface area contributed by atoms with Crippen LogP contribution in [-0.4, -0.2) is 47.9 Å². The maximum absolute atomic E-state index is 12.0. The summed E-state index contributed by atoms with van der Waals surface area (Å²) in [5.74, 6) is 2.27. The van der Waals surface area contributed by atoms with Crippen molar-refractivity contribution in [1.29, 1.82) is 0 Å². The molecule has 0 aliphatic heterocycles. The fraction of sp³-hybridized carbons (Fsp3) is 0.933. The minimum Gasteiger partial charge on any atom is -0.444 e. The molecule has 0 N–H and O–H groups in total. The lowest BCUT2D eigenvalue weighted by Gasteiger charge is -2.36. The van der Waals surface area contributed by atoms with Gasteiger partial charge >= 0.3 is 6.09 Å². The molecule has 19 heavy (non-hydrogen) atoms. The second kappa shape index (κ2) is 6.87. The van der Waals surface area contributed by atoms with Crippen molar-refractivity contribution in [1.82, 2.24) is 4.90 Å². The lowest BCUT2D eigenvalue weighted by molar-refractivity contribution is 0.0176. The third-order valence-electron chi connectivity index (χ3n) is 3.67. The van der Waals surface area contributed by atoms with E-state index >= 15 is 0 Å². The third kappa shape index (κ3) is 6.07. The van der Waals surface area contributed by atoms with Gasteiger partial charge in [0.1, 0.15) is 5.60 Å². The first kappa shape index (κ1) is 16.7. The molecule has 3 nitrogen and oxygen atoms in total. The number of rotatable bonds is 3. The van der Waals surface area contributed by atoms with Crippen LogP contribution >= 0.6 is 10.9 Å². The predicted molar refractivity (Wildman–Crippen MR) is 85.4 cm³/mol. The van der Waals surface area contributed by atoms with Crippen molar-refractivity contribution < 1.29 is 9.53 Å². The molecule has 0 heterocycles. The Bertz CT molecular complexity index is 291. The van der Waals surface area contributed by atoms with E-state index in [9.17, 15) is 4.79 Å². The number of hydrogen-bond acceptors (Lipinski definition) is 2. The second-order valence-electron chi connectivity index (χ2n) is 7.03. The summed E-state index contributed by atoms with van der Waals surface area (Å²) in [5, 5.41) is 0. The Morgan fingerprint density at radius 2 is 1.74 bits per heavy atom.